The maximum atomic E-state index is 8.34. The van der Waals surface area contributed by atoms with Crippen LogP contribution in [0.1, 0.15) is 65.4 Å². The van der Waals surface area contributed by atoms with Gasteiger partial charge in [-0.25, -0.2) is 4.98 Å². The van der Waals surface area contributed by atoms with Crippen LogP contribution < -0.4 is 4.74 Å². The molecule has 0 atom stereocenters. The van der Waals surface area contributed by atoms with Crippen LogP contribution in [0, 0.1) is 26.0 Å². The van der Waals surface area contributed by atoms with Gasteiger partial charge in [-0.3, -0.25) is 4.68 Å². The van der Waals surface area contributed by atoms with E-state index in [2.05, 4.69) is 127 Å². The molecule has 0 unspecified atom stereocenters. The third-order valence-electron chi connectivity index (χ3n) is 8.83. The van der Waals surface area contributed by atoms with Crippen molar-refractivity contribution in [2.45, 2.75) is 66.2 Å². The summed E-state index contributed by atoms with van der Waals surface area (Å²) in [6, 6.07) is 36.0. The molecule has 3 heterocycles. The molecular weight excluding hydrogens is 772 g/mol. The summed E-state index contributed by atoms with van der Waals surface area (Å²) in [5.74, 6) is 1.96. The van der Waals surface area contributed by atoms with E-state index < -0.39 is 0 Å². The summed E-state index contributed by atoms with van der Waals surface area (Å²) in [4.78, 5) is 4.79. The predicted octanol–water partition coefficient (Wildman–Crippen LogP) is 10.6. The van der Waals surface area contributed by atoms with Gasteiger partial charge in [-0.05, 0) is 65.1 Å². The number of nitrogens with zero attached hydrogens (tertiary/aromatic N) is 4. The van der Waals surface area contributed by atoms with Crippen molar-refractivity contribution in [2.75, 3.05) is 0 Å². The molecule has 0 saturated carbocycles. The van der Waals surface area contributed by atoms with E-state index >= 15 is 0 Å². The number of para-hydroxylation sites is 1. The van der Waals surface area contributed by atoms with Crippen LogP contribution in [-0.2, 0) is 31.9 Å². The SMILES string of the molecule is [2H]c1ccc2c(c1)c1ccc(Oc3[c-]c(-n4nc(C)c(-c5ccccc5)c4C)cc(C(C)(C)C)c3)[c-]c1n2-c1cc(C(C)(C)C)ccn1.[Pt+2]. The molecule has 0 bridgehead atoms. The van der Waals surface area contributed by atoms with Crippen LogP contribution in [0.25, 0.3) is 44.4 Å². The van der Waals surface area contributed by atoms with E-state index in [9.17, 15) is 0 Å². The number of pyridine rings is 1. The Hall–Kier alpha value is -4.47. The van der Waals surface area contributed by atoms with Gasteiger partial charge in [0.2, 0.25) is 0 Å². The van der Waals surface area contributed by atoms with Crippen molar-refractivity contribution in [1.29, 1.82) is 0 Å². The third kappa shape index (κ3) is 6.13. The zero-order chi connectivity index (χ0) is 34.0. The molecule has 0 spiro atoms. The Bertz CT molecular complexity index is 2320. The van der Waals surface area contributed by atoms with Gasteiger partial charge in [-0.1, -0.05) is 95.6 Å². The summed E-state index contributed by atoms with van der Waals surface area (Å²) in [6.45, 7) is 17.4. The number of rotatable bonds is 5. The normalized spacial score (nSPS) is 12.3. The van der Waals surface area contributed by atoms with Crippen molar-refractivity contribution in [3.8, 4) is 34.1 Å². The molecule has 6 heteroatoms. The number of aromatic nitrogens is 4. The number of fused-ring (bicyclic) bond motifs is 3. The fourth-order valence-corrected chi connectivity index (χ4v) is 6.26. The quantitative estimate of drug-likeness (QED) is 0.163. The predicted molar refractivity (Wildman–Crippen MR) is 192 cm³/mol. The van der Waals surface area contributed by atoms with E-state index in [-0.39, 0.29) is 31.9 Å². The summed E-state index contributed by atoms with van der Waals surface area (Å²) >= 11 is 0. The Balaban J connectivity index is 0.00000417. The molecule has 0 fully saturated rings. The Labute approximate surface area is 299 Å². The average Bonchev–Trinajstić information content (AvgIpc) is 3.52. The Morgan fingerprint density at radius 2 is 1.50 bits per heavy atom. The van der Waals surface area contributed by atoms with Gasteiger partial charge < -0.3 is 9.30 Å². The van der Waals surface area contributed by atoms with E-state index in [0.717, 1.165) is 61.4 Å². The smallest absolute Gasteiger partial charge is 0.509 e. The molecule has 48 heavy (non-hydrogen) atoms. The van der Waals surface area contributed by atoms with Crippen molar-refractivity contribution in [1.82, 2.24) is 19.3 Å². The zero-order valence-electron chi connectivity index (χ0n) is 29.7. The molecule has 0 aliphatic rings. The Morgan fingerprint density at radius 3 is 2.23 bits per heavy atom. The first-order chi connectivity index (χ1) is 22.8. The van der Waals surface area contributed by atoms with E-state index in [1.807, 2.05) is 41.2 Å². The van der Waals surface area contributed by atoms with Crippen LogP contribution >= 0.6 is 0 Å². The van der Waals surface area contributed by atoms with E-state index in [1.54, 1.807) is 0 Å². The van der Waals surface area contributed by atoms with Crippen LogP contribution in [0.3, 0.4) is 0 Å². The number of benzene rings is 4. The second-order valence-electron chi connectivity index (χ2n) is 14.3. The maximum Gasteiger partial charge on any atom is 2.00 e. The third-order valence-corrected chi connectivity index (χ3v) is 8.83. The van der Waals surface area contributed by atoms with Gasteiger partial charge in [-0.2, -0.15) is 11.2 Å². The number of hydrogen-bond acceptors (Lipinski definition) is 3. The van der Waals surface area contributed by atoms with Crippen LogP contribution in [0.2, 0.25) is 0 Å². The standard InChI is InChI=1S/C42H40N4O.Pt/c1-27-40(29-14-10-9-11-15-29)28(2)46(44-27)32-22-31(42(6,7)8)23-34(25-32)47-33-18-19-36-35-16-12-13-17-37(35)45(38(36)26-33)39-24-30(20-21-43-39)41(3,4)5;/h9-24H,1-8H3;/q-2;+2/i12D;. The molecule has 0 N–H and O–H groups in total. The topological polar surface area (TPSA) is 44.9 Å². The minimum atomic E-state index is -0.141. The molecule has 244 valence electrons. The van der Waals surface area contributed by atoms with Gasteiger partial charge >= 0.3 is 21.1 Å². The number of hydrogen-bond donors (Lipinski definition) is 0. The van der Waals surface area contributed by atoms with E-state index in [4.69, 9.17) is 16.2 Å². The fraction of sp³-hybridized carbons (Fsp3) is 0.238. The monoisotopic (exact) mass is 812 g/mol. The minimum absolute atomic E-state index is 0. The fourth-order valence-electron chi connectivity index (χ4n) is 6.26. The second kappa shape index (κ2) is 12.5. The summed E-state index contributed by atoms with van der Waals surface area (Å²) in [7, 11) is 0. The largest absolute Gasteiger partial charge is 2.00 e. The Morgan fingerprint density at radius 1 is 0.750 bits per heavy atom. The van der Waals surface area contributed by atoms with Gasteiger partial charge in [-0.15, -0.1) is 41.3 Å². The van der Waals surface area contributed by atoms with Crippen molar-refractivity contribution >= 4 is 21.8 Å². The van der Waals surface area contributed by atoms with Crippen molar-refractivity contribution in [3.05, 3.63) is 132 Å². The zero-order valence-corrected chi connectivity index (χ0v) is 30.9. The number of aryl methyl sites for hydroxylation is 1. The molecule has 0 aliphatic carbocycles. The van der Waals surface area contributed by atoms with Gasteiger partial charge in [0.25, 0.3) is 0 Å². The molecule has 5 nitrogen and oxygen atoms in total. The summed E-state index contributed by atoms with van der Waals surface area (Å²) in [6.07, 6.45) is 1.86. The van der Waals surface area contributed by atoms with Crippen LogP contribution in [0.4, 0.5) is 0 Å². The first kappa shape index (κ1) is 32.1. The molecule has 0 aliphatic heterocycles. The first-order valence-corrected chi connectivity index (χ1v) is 16.1. The molecule has 0 saturated heterocycles. The van der Waals surface area contributed by atoms with Crippen molar-refractivity contribution < 1.29 is 27.2 Å². The maximum absolute atomic E-state index is 8.34. The summed E-state index contributed by atoms with van der Waals surface area (Å²) in [5, 5.41) is 6.93. The van der Waals surface area contributed by atoms with Crippen LogP contribution in [0.15, 0.2) is 97.2 Å². The van der Waals surface area contributed by atoms with Crippen molar-refractivity contribution in [2.24, 2.45) is 0 Å². The van der Waals surface area contributed by atoms with Gasteiger partial charge in [0.05, 0.1) is 7.06 Å². The first-order valence-electron chi connectivity index (χ1n) is 16.6. The molecule has 7 aromatic rings. The summed E-state index contributed by atoms with van der Waals surface area (Å²) < 4.78 is 19.0. The van der Waals surface area contributed by atoms with Crippen LogP contribution in [0.5, 0.6) is 11.5 Å². The molecule has 0 amide bonds. The van der Waals surface area contributed by atoms with Crippen LogP contribution in [-0.4, -0.2) is 19.3 Å². The van der Waals surface area contributed by atoms with Gasteiger partial charge in [0, 0.05) is 34.5 Å². The molecule has 7 rings (SSSR count). The molecule has 3 aromatic heterocycles. The van der Waals surface area contributed by atoms with Gasteiger partial charge in [0.15, 0.2) is 0 Å². The van der Waals surface area contributed by atoms with Gasteiger partial charge in [0.1, 0.15) is 5.82 Å². The molecule has 0 radical (unpaired) electrons. The molecule has 4 aromatic carbocycles. The number of ether oxygens (including phenoxy) is 1. The van der Waals surface area contributed by atoms with Crippen molar-refractivity contribution in [3.63, 3.8) is 0 Å². The summed E-state index contributed by atoms with van der Waals surface area (Å²) in [5.41, 5.74) is 9.01. The minimum Gasteiger partial charge on any atom is -0.509 e. The van der Waals surface area contributed by atoms with E-state index in [1.165, 1.54) is 5.56 Å². The molecular formula is C42H40N4OPt. The Kier molecular flexibility index (Phi) is 8.37. The van der Waals surface area contributed by atoms with E-state index in [0.29, 0.717) is 17.5 Å². The second-order valence-corrected chi connectivity index (χ2v) is 14.3. The average molecular weight is 813 g/mol.